The van der Waals surface area contributed by atoms with E-state index in [9.17, 15) is 17.6 Å². The number of halogens is 1. The predicted molar refractivity (Wildman–Crippen MR) is 103 cm³/mol. The molecule has 6 nitrogen and oxygen atoms in total. The van der Waals surface area contributed by atoms with Gasteiger partial charge in [0.25, 0.3) is 15.9 Å². The van der Waals surface area contributed by atoms with Gasteiger partial charge in [0.15, 0.2) is 0 Å². The Morgan fingerprint density at radius 1 is 1.19 bits per heavy atom. The van der Waals surface area contributed by atoms with Gasteiger partial charge in [-0.3, -0.25) is 9.52 Å². The van der Waals surface area contributed by atoms with Gasteiger partial charge in [0.2, 0.25) is 0 Å². The molecule has 0 spiro atoms. The molecule has 0 aliphatic heterocycles. The number of sulfonamides is 1. The van der Waals surface area contributed by atoms with Gasteiger partial charge in [-0.25, -0.2) is 12.8 Å². The fourth-order valence-corrected chi connectivity index (χ4v) is 3.66. The first kappa shape index (κ1) is 20.9. The van der Waals surface area contributed by atoms with E-state index < -0.39 is 15.8 Å². The van der Waals surface area contributed by atoms with E-state index in [4.69, 9.17) is 5.73 Å². The number of nitrogens with zero attached hydrogens (tertiary/aromatic N) is 1. The summed E-state index contributed by atoms with van der Waals surface area (Å²) in [6.07, 6.45) is 0. The summed E-state index contributed by atoms with van der Waals surface area (Å²) in [6.45, 7) is 4.71. The SMILES string of the molecule is CN(CC(C)(C)CN)C(=O)c1cccc(S(=O)(=O)Nc2ccccc2F)c1. The molecule has 0 saturated heterocycles. The molecule has 0 unspecified atom stereocenters. The van der Waals surface area contributed by atoms with Crippen LogP contribution in [-0.2, 0) is 10.0 Å². The van der Waals surface area contributed by atoms with Crippen molar-refractivity contribution in [2.45, 2.75) is 18.7 Å². The second-order valence-electron chi connectivity index (χ2n) is 7.14. The van der Waals surface area contributed by atoms with Gasteiger partial charge in [-0.15, -0.1) is 0 Å². The molecule has 0 radical (unpaired) electrons. The van der Waals surface area contributed by atoms with Crippen molar-refractivity contribution < 1.29 is 17.6 Å². The predicted octanol–water partition coefficient (Wildman–Crippen LogP) is 2.68. The molecule has 1 amide bonds. The number of carbonyl (C=O) groups is 1. The van der Waals surface area contributed by atoms with Crippen LogP contribution in [0.2, 0.25) is 0 Å². The molecule has 146 valence electrons. The van der Waals surface area contributed by atoms with Crippen molar-refractivity contribution in [2.75, 3.05) is 24.9 Å². The number of nitrogens with two attached hydrogens (primary N) is 1. The third kappa shape index (κ3) is 5.27. The highest BCUT2D eigenvalue weighted by Gasteiger charge is 2.23. The number of benzene rings is 2. The summed E-state index contributed by atoms with van der Waals surface area (Å²) in [4.78, 5) is 14.0. The molecular formula is C19H24FN3O3S. The number of para-hydroxylation sites is 1. The molecular weight excluding hydrogens is 369 g/mol. The van der Waals surface area contributed by atoms with Gasteiger partial charge in [-0.2, -0.15) is 0 Å². The van der Waals surface area contributed by atoms with E-state index in [2.05, 4.69) is 4.72 Å². The van der Waals surface area contributed by atoms with E-state index in [0.29, 0.717) is 13.1 Å². The monoisotopic (exact) mass is 393 g/mol. The zero-order valence-electron chi connectivity index (χ0n) is 15.6. The Hall–Kier alpha value is -2.45. The Morgan fingerprint density at radius 2 is 1.85 bits per heavy atom. The van der Waals surface area contributed by atoms with Gasteiger partial charge in [-0.05, 0) is 42.3 Å². The smallest absolute Gasteiger partial charge is 0.262 e. The van der Waals surface area contributed by atoms with E-state index in [1.165, 1.54) is 47.4 Å². The van der Waals surface area contributed by atoms with Crippen molar-refractivity contribution in [1.82, 2.24) is 4.90 Å². The third-order valence-corrected chi connectivity index (χ3v) is 5.44. The second-order valence-corrected chi connectivity index (χ2v) is 8.83. The first-order chi connectivity index (χ1) is 12.6. The largest absolute Gasteiger partial charge is 0.341 e. The Morgan fingerprint density at radius 3 is 2.48 bits per heavy atom. The molecule has 27 heavy (non-hydrogen) atoms. The summed E-state index contributed by atoms with van der Waals surface area (Å²) in [6, 6.07) is 11.1. The van der Waals surface area contributed by atoms with Gasteiger partial charge < -0.3 is 10.6 Å². The van der Waals surface area contributed by atoms with Gasteiger partial charge >= 0.3 is 0 Å². The van der Waals surface area contributed by atoms with E-state index in [0.717, 1.165) is 6.07 Å². The summed E-state index contributed by atoms with van der Waals surface area (Å²) in [5, 5.41) is 0. The van der Waals surface area contributed by atoms with Gasteiger partial charge in [0.1, 0.15) is 5.82 Å². The minimum atomic E-state index is -4.04. The zero-order chi connectivity index (χ0) is 20.2. The molecule has 8 heteroatoms. The first-order valence-corrected chi connectivity index (χ1v) is 9.87. The van der Waals surface area contributed by atoms with E-state index in [-0.39, 0.29) is 27.5 Å². The van der Waals surface area contributed by atoms with Crippen LogP contribution in [0.5, 0.6) is 0 Å². The van der Waals surface area contributed by atoms with Crippen molar-refractivity contribution in [1.29, 1.82) is 0 Å². The van der Waals surface area contributed by atoms with Gasteiger partial charge in [0.05, 0.1) is 10.6 Å². The lowest BCUT2D eigenvalue weighted by Crippen LogP contribution is -2.39. The molecule has 0 heterocycles. The van der Waals surface area contributed by atoms with Crippen molar-refractivity contribution in [2.24, 2.45) is 11.1 Å². The Kier molecular flexibility index (Phi) is 6.22. The topological polar surface area (TPSA) is 92.5 Å². The van der Waals surface area contributed by atoms with Crippen LogP contribution in [0.15, 0.2) is 53.4 Å². The fourth-order valence-electron chi connectivity index (χ4n) is 2.54. The van der Waals surface area contributed by atoms with Crippen LogP contribution in [0.25, 0.3) is 0 Å². The van der Waals surface area contributed by atoms with Crippen LogP contribution in [0.4, 0.5) is 10.1 Å². The molecule has 0 aliphatic carbocycles. The quantitative estimate of drug-likeness (QED) is 0.756. The number of anilines is 1. The highest BCUT2D eigenvalue weighted by atomic mass is 32.2. The van der Waals surface area contributed by atoms with Crippen LogP contribution in [0.1, 0.15) is 24.2 Å². The molecule has 2 rings (SSSR count). The number of amides is 1. The summed E-state index contributed by atoms with van der Waals surface area (Å²) in [5.41, 5.74) is 5.51. The summed E-state index contributed by atoms with van der Waals surface area (Å²) < 4.78 is 41.1. The average Bonchev–Trinajstić information content (AvgIpc) is 2.62. The van der Waals surface area contributed by atoms with Crippen molar-refractivity contribution >= 4 is 21.6 Å². The van der Waals surface area contributed by atoms with Crippen molar-refractivity contribution in [3.05, 3.63) is 59.9 Å². The standard InChI is InChI=1S/C19H24FN3O3S/c1-19(2,12-21)13-23(3)18(24)14-7-6-8-15(11-14)27(25,26)22-17-10-5-4-9-16(17)20/h4-11,22H,12-13,21H2,1-3H3. The van der Waals surface area contributed by atoms with E-state index in [1.807, 2.05) is 13.8 Å². The lowest BCUT2D eigenvalue weighted by molar-refractivity contribution is 0.0740. The highest BCUT2D eigenvalue weighted by Crippen LogP contribution is 2.21. The van der Waals surface area contributed by atoms with Crippen LogP contribution < -0.4 is 10.5 Å². The van der Waals surface area contributed by atoms with Crippen molar-refractivity contribution in [3.63, 3.8) is 0 Å². The molecule has 0 aliphatic rings. The van der Waals surface area contributed by atoms with Crippen LogP contribution in [0, 0.1) is 11.2 Å². The Bertz CT molecular complexity index is 929. The highest BCUT2D eigenvalue weighted by molar-refractivity contribution is 7.92. The molecule has 2 aromatic rings. The van der Waals surface area contributed by atoms with Gasteiger partial charge in [0, 0.05) is 19.2 Å². The number of rotatable bonds is 7. The first-order valence-electron chi connectivity index (χ1n) is 8.39. The maximum absolute atomic E-state index is 13.7. The number of nitrogens with one attached hydrogen (secondary N) is 1. The number of carbonyl (C=O) groups excluding carboxylic acids is 1. The molecule has 2 aromatic carbocycles. The Balaban J connectivity index is 2.26. The van der Waals surface area contributed by atoms with Crippen molar-refractivity contribution in [3.8, 4) is 0 Å². The molecule has 0 atom stereocenters. The summed E-state index contributed by atoms with van der Waals surface area (Å²) in [5.74, 6) is -1.00. The molecule has 0 aromatic heterocycles. The molecule has 3 N–H and O–H groups in total. The summed E-state index contributed by atoms with van der Waals surface area (Å²) >= 11 is 0. The van der Waals surface area contributed by atoms with Crippen LogP contribution in [-0.4, -0.2) is 39.4 Å². The lowest BCUT2D eigenvalue weighted by Gasteiger charge is -2.29. The van der Waals surface area contributed by atoms with Gasteiger partial charge in [-0.1, -0.05) is 32.0 Å². The molecule has 0 saturated carbocycles. The van der Waals surface area contributed by atoms with Crippen LogP contribution >= 0.6 is 0 Å². The molecule has 0 fully saturated rings. The van der Waals surface area contributed by atoms with Crippen LogP contribution in [0.3, 0.4) is 0 Å². The lowest BCUT2D eigenvalue weighted by atomic mass is 9.93. The Labute approximate surface area is 159 Å². The minimum absolute atomic E-state index is 0.122. The minimum Gasteiger partial charge on any atom is -0.341 e. The summed E-state index contributed by atoms with van der Waals surface area (Å²) in [7, 11) is -2.40. The average molecular weight is 393 g/mol. The fraction of sp³-hybridized carbons (Fsp3) is 0.316. The maximum atomic E-state index is 13.7. The maximum Gasteiger partial charge on any atom is 0.262 e. The number of hydrogen-bond acceptors (Lipinski definition) is 4. The number of hydrogen-bond donors (Lipinski definition) is 2. The normalized spacial score (nSPS) is 11.9. The van der Waals surface area contributed by atoms with E-state index >= 15 is 0 Å². The zero-order valence-corrected chi connectivity index (χ0v) is 16.4. The molecule has 0 bridgehead atoms. The second kappa shape index (κ2) is 8.06. The van der Waals surface area contributed by atoms with E-state index in [1.54, 1.807) is 7.05 Å². The third-order valence-electron chi connectivity index (χ3n) is 4.07.